The zero-order valence-electron chi connectivity index (χ0n) is 7.80. The van der Waals surface area contributed by atoms with Crippen molar-refractivity contribution in [2.45, 2.75) is 33.1 Å². The van der Waals surface area contributed by atoms with Gasteiger partial charge in [0.15, 0.2) is 0 Å². The van der Waals surface area contributed by atoms with Gasteiger partial charge in [0, 0.05) is 6.92 Å². The Morgan fingerprint density at radius 2 is 2.33 bits per heavy atom. The van der Waals surface area contributed by atoms with Gasteiger partial charge in [0.1, 0.15) is 6.61 Å². The maximum atomic E-state index is 10.4. The molecule has 0 aromatic rings. The first-order chi connectivity index (χ1) is 5.70. The van der Waals surface area contributed by atoms with Crippen LogP contribution in [-0.4, -0.2) is 12.6 Å². The summed E-state index contributed by atoms with van der Waals surface area (Å²) in [6, 6.07) is 0. The highest BCUT2D eigenvalue weighted by Crippen LogP contribution is 2.07. The lowest BCUT2D eigenvalue weighted by Crippen LogP contribution is -2.10. The number of hydrogen-bond donors (Lipinski definition) is 0. The summed E-state index contributed by atoms with van der Waals surface area (Å²) >= 11 is 0. The van der Waals surface area contributed by atoms with Crippen LogP contribution in [0.3, 0.4) is 0 Å². The van der Waals surface area contributed by atoms with Crippen molar-refractivity contribution >= 4 is 5.97 Å². The predicted molar refractivity (Wildman–Crippen MR) is 48.5 cm³/mol. The van der Waals surface area contributed by atoms with Crippen LogP contribution in [0.1, 0.15) is 33.1 Å². The molecule has 2 heteroatoms. The minimum absolute atomic E-state index is 0.0915. The van der Waals surface area contributed by atoms with Crippen LogP contribution in [-0.2, 0) is 9.53 Å². The molecule has 0 aliphatic rings. The minimum atomic E-state index is -0.258. The molecule has 0 aromatic heterocycles. The van der Waals surface area contributed by atoms with Gasteiger partial charge in [-0.25, -0.2) is 0 Å². The van der Waals surface area contributed by atoms with Crippen LogP contribution in [0.25, 0.3) is 0 Å². The van der Waals surface area contributed by atoms with Gasteiger partial charge in [-0.05, 0) is 6.42 Å². The second-order valence-corrected chi connectivity index (χ2v) is 2.81. The summed E-state index contributed by atoms with van der Waals surface area (Å²) in [5, 5.41) is 0. The van der Waals surface area contributed by atoms with E-state index in [1.807, 2.05) is 0 Å². The lowest BCUT2D eigenvalue weighted by Gasteiger charge is -2.08. The van der Waals surface area contributed by atoms with Crippen molar-refractivity contribution in [3.05, 3.63) is 0 Å². The van der Waals surface area contributed by atoms with Crippen molar-refractivity contribution in [3.63, 3.8) is 0 Å². The van der Waals surface area contributed by atoms with Crippen LogP contribution in [0, 0.1) is 18.3 Å². The zero-order valence-corrected chi connectivity index (χ0v) is 7.80. The third-order valence-electron chi connectivity index (χ3n) is 1.63. The number of carbonyl (C=O) groups excluding carboxylic acids is 1. The van der Waals surface area contributed by atoms with Crippen molar-refractivity contribution < 1.29 is 9.53 Å². The molecule has 0 radical (unpaired) electrons. The zero-order chi connectivity index (χ0) is 9.40. The molecule has 0 rings (SSSR count). The molecule has 12 heavy (non-hydrogen) atoms. The number of esters is 1. The molecule has 0 fully saturated rings. The highest BCUT2D eigenvalue weighted by Gasteiger charge is 2.05. The first-order valence-electron chi connectivity index (χ1n) is 4.30. The Morgan fingerprint density at radius 3 is 2.75 bits per heavy atom. The quantitative estimate of drug-likeness (QED) is 0.463. The normalized spacial score (nSPS) is 11.8. The Kier molecular flexibility index (Phi) is 6.18. The minimum Gasteiger partial charge on any atom is -0.465 e. The average molecular weight is 168 g/mol. The molecule has 0 saturated heterocycles. The third kappa shape index (κ3) is 5.79. The molecule has 0 aliphatic heterocycles. The summed E-state index contributed by atoms with van der Waals surface area (Å²) < 4.78 is 4.81. The molecule has 0 N–H and O–H groups in total. The van der Waals surface area contributed by atoms with E-state index in [0.717, 1.165) is 19.3 Å². The lowest BCUT2D eigenvalue weighted by molar-refractivity contribution is -0.141. The maximum absolute atomic E-state index is 10.4. The summed E-state index contributed by atoms with van der Waals surface area (Å²) in [6.45, 7) is 3.87. The van der Waals surface area contributed by atoms with Crippen molar-refractivity contribution in [3.8, 4) is 12.3 Å². The second-order valence-electron chi connectivity index (χ2n) is 2.81. The van der Waals surface area contributed by atoms with Gasteiger partial charge in [-0.1, -0.05) is 25.7 Å². The molecule has 0 bridgehead atoms. The third-order valence-corrected chi connectivity index (χ3v) is 1.63. The van der Waals surface area contributed by atoms with Crippen LogP contribution in [0.15, 0.2) is 0 Å². The number of ether oxygens (including phenoxy) is 1. The van der Waals surface area contributed by atoms with Crippen molar-refractivity contribution in [2.24, 2.45) is 5.92 Å². The average Bonchev–Trinajstić information content (AvgIpc) is 2.05. The first-order valence-corrected chi connectivity index (χ1v) is 4.30. The van der Waals surface area contributed by atoms with Crippen LogP contribution in [0.4, 0.5) is 0 Å². The summed E-state index contributed by atoms with van der Waals surface area (Å²) in [7, 11) is 0. The monoisotopic (exact) mass is 168 g/mol. The van der Waals surface area contributed by atoms with E-state index in [4.69, 9.17) is 11.2 Å². The van der Waals surface area contributed by atoms with E-state index >= 15 is 0 Å². The summed E-state index contributed by atoms with van der Waals surface area (Å²) in [5.41, 5.74) is 0. The Hall–Kier alpha value is -0.970. The number of hydrogen-bond acceptors (Lipinski definition) is 2. The standard InChI is InChI=1S/C10H16O2/c1-4-6-7-10(5-2)8-12-9(3)11/h2,10H,4,6-8H2,1,3H3. The predicted octanol–water partition coefficient (Wildman–Crippen LogP) is 1.99. The highest BCUT2D eigenvalue weighted by atomic mass is 16.5. The van der Waals surface area contributed by atoms with E-state index in [-0.39, 0.29) is 11.9 Å². The number of carbonyl (C=O) groups is 1. The Labute approximate surface area is 74.3 Å². The smallest absolute Gasteiger partial charge is 0.302 e. The maximum Gasteiger partial charge on any atom is 0.302 e. The van der Waals surface area contributed by atoms with E-state index in [0.29, 0.717) is 6.61 Å². The highest BCUT2D eigenvalue weighted by molar-refractivity contribution is 5.65. The molecular weight excluding hydrogens is 152 g/mol. The summed E-state index contributed by atoms with van der Waals surface area (Å²) in [6.07, 6.45) is 8.42. The van der Waals surface area contributed by atoms with Crippen LogP contribution < -0.4 is 0 Å². The fraction of sp³-hybridized carbons (Fsp3) is 0.700. The van der Waals surface area contributed by atoms with Gasteiger partial charge in [-0.15, -0.1) is 6.42 Å². The Morgan fingerprint density at radius 1 is 1.67 bits per heavy atom. The summed E-state index contributed by atoms with van der Waals surface area (Å²) in [4.78, 5) is 10.4. The van der Waals surface area contributed by atoms with Crippen molar-refractivity contribution in [1.82, 2.24) is 0 Å². The topological polar surface area (TPSA) is 26.3 Å². The summed E-state index contributed by atoms with van der Waals surface area (Å²) in [5.74, 6) is 2.45. The lowest BCUT2D eigenvalue weighted by atomic mass is 10.0. The molecule has 0 amide bonds. The van der Waals surface area contributed by atoms with Gasteiger partial charge < -0.3 is 4.74 Å². The molecular formula is C10H16O2. The molecule has 0 spiro atoms. The van der Waals surface area contributed by atoms with Crippen molar-refractivity contribution in [2.75, 3.05) is 6.61 Å². The number of rotatable bonds is 5. The molecule has 2 nitrogen and oxygen atoms in total. The molecule has 0 aromatic carbocycles. The van der Waals surface area contributed by atoms with Crippen LogP contribution in [0.5, 0.6) is 0 Å². The molecule has 68 valence electrons. The van der Waals surface area contributed by atoms with Gasteiger partial charge in [0.25, 0.3) is 0 Å². The van der Waals surface area contributed by atoms with E-state index in [9.17, 15) is 4.79 Å². The van der Waals surface area contributed by atoms with Gasteiger partial charge in [-0.3, -0.25) is 4.79 Å². The van der Waals surface area contributed by atoms with Crippen LogP contribution >= 0.6 is 0 Å². The van der Waals surface area contributed by atoms with Crippen molar-refractivity contribution in [1.29, 1.82) is 0 Å². The SMILES string of the molecule is C#CC(CCCC)COC(C)=O. The molecule has 1 unspecified atom stereocenters. The second kappa shape index (κ2) is 6.72. The molecule has 1 atom stereocenters. The molecule has 0 saturated carbocycles. The number of unbranched alkanes of at least 4 members (excludes halogenated alkanes) is 1. The van der Waals surface area contributed by atoms with E-state index < -0.39 is 0 Å². The molecule has 0 aliphatic carbocycles. The van der Waals surface area contributed by atoms with Gasteiger partial charge in [-0.2, -0.15) is 0 Å². The van der Waals surface area contributed by atoms with Gasteiger partial charge in [0.2, 0.25) is 0 Å². The molecule has 0 heterocycles. The first kappa shape index (κ1) is 11.0. The van der Waals surface area contributed by atoms with E-state index in [1.165, 1.54) is 6.92 Å². The number of terminal acetylenes is 1. The van der Waals surface area contributed by atoms with Crippen LogP contribution in [0.2, 0.25) is 0 Å². The van der Waals surface area contributed by atoms with Gasteiger partial charge >= 0.3 is 5.97 Å². The fourth-order valence-corrected chi connectivity index (χ4v) is 0.883. The van der Waals surface area contributed by atoms with Gasteiger partial charge in [0.05, 0.1) is 5.92 Å². The largest absolute Gasteiger partial charge is 0.465 e. The Bertz CT molecular complexity index is 167. The van der Waals surface area contributed by atoms with E-state index in [2.05, 4.69) is 12.8 Å². The Balaban J connectivity index is 3.55. The van der Waals surface area contributed by atoms with E-state index in [1.54, 1.807) is 0 Å². The fourth-order valence-electron chi connectivity index (χ4n) is 0.883.